The molecular formula is C35H41BrCl2N6O5. The third kappa shape index (κ3) is 7.58. The summed E-state index contributed by atoms with van der Waals surface area (Å²) in [6.45, 7) is 10.4. The molecule has 3 aromatic rings. The van der Waals surface area contributed by atoms with Gasteiger partial charge in [0.2, 0.25) is 0 Å². The number of hydrogen-bond acceptors (Lipinski definition) is 9. The number of halogens is 3. The molecule has 3 aliphatic rings. The van der Waals surface area contributed by atoms with E-state index in [9.17, 15) is 9.59 Å². The lowest BCUT2D eigenvalue weighted by Gasteiger charge is -2.39. The van der Waals surface area contributed by atoms with Crippen LogP contribution in [-0.4, -0.2) is 79.4 Å². The molecule has 2 aliphatic heterocycles. The molecular weight excluding hydrogens is 735 g/mol. The summed E-state index contributed by atoms with van der Waals surface area (Å²) in [4.78, 5) is 37.7. The lowest BCUT2D eigenvalue weighted by atomic mass is 9.73. The van der Waals surface area contributed by atoms with Gasteiger partial charge in [0.25, 0.3) is 5.91 Å². The summed E-state index contributed by atoms with van der Waals surface area (Å²) in [5.41, 5.74) is 5.93. The van der Waals surface area contributed by atoms with Gasteiger partial charge in [-0.1, -0.05) is 37.0 Å². The quantitative estimate of drug-likeness (QED) is 0.213. The van der Waals surface area contributed by atoms with Gasteiger partial charge in [0, 0.05) is 66.1 Å². The molecule has 262 valence electrons. The number of methoxy groups -OCH3 is 2. The molecule has 1 fully saturated rings. The summed E-state index contributed by atoms with van der Waals surface area (Å²) in [7, 11) is 3.14. The number of fused-ring (bicyclic) bond motifs is 1. The Balaban J connectivity index is 1.13. The number of amides is 1. The van der Waals surface area contributed by atoms with Gasteiger partial charge in [-0.05, 0) is 77.0 Å². The van der Waals surface area contributed by atoms with E-state index in [0.29, 0.717) is 55.8 Å². The van der Waals surface area contributed by atoms with E-state index in [1.807, 2.05) is 31.2 Å². The molecule has 1 aliphatic carbocycles. The van der Waals surface area contributed by atoms with Crippen molar-refractivity contribution >= 4 is 62.3 Å². The lowest BCUT2D eigenvalue weighted by molar-refractivity contribution is -0.118. The molecule has 1 aromatic heterocycles. The maximum atomic E-state index is 13.7. The molecule has 0 spiro atoms. The van der Waals surface area contributed by atoms with Crippen LogP contribution >= 0.6 is 39.1 Å². The van der Waals surface area contributed by atoms with E-state index < -0.39 is 11.9 Å². The van der Waals surface area contributed by atoms with Crippen LogP contribution in [0, 0.1) is 5.41 Å². The average Bonchev–Trinajstić information content (AvgIpc) is 3.47. The Morgan fingerprint density at radius 1 is 1.08 bits per heavy atom. The van der Waals surface area contributed by atoms with Crippen molar-refractivity contribution in [1.29, 1.82) is 0 Å². The van der Waals surface area contributed by atoms with Crippen molar-refractivity contribution in [3.05, 3.63) is 73.4 Å². The van der Waals surface area contributed by atoms with Gasteiger partial charge in [-0.3, -0.25) is 19.3 Å². The zero-order valence-corrected chi connectivity index (χ0v) is 31.3. The summed E-state index contributed by atoms with van der Waals surface area (Å²) in [6, 6.07) is 8.79. The molecule has 0 saturated carbocycles. The van der Waals surface area contributed by atoms with Crippen LogP contribution in [0.1, 0.15) is 62.0 Å². The van der Waals surface area contributed by atoms with E-state index in [2.05, 4.69) is 55.5 Å². The molecule has 1 saturated heterocycles. The van der Waals surface area contributed by atoms with Gasteiger partial charge in [0.05, 0.1) is 31.0 Å². The second-order valence-electron chi connectivity index (χ2n) is 13.6. The van der Waals surface area contributed by atoms with Crippen LogP contribution in [-0.2, 0) is 9.63 Å². The standard InChI is InChI=1S/C35H41BrCl2N6O5/c1-20(6-7-42-8-10-43(11-9-42)24-15-22(37)14-23(38)16-24)49-41-34(46)25-19-39-44-31(21-12-26(36)32(48-5)29(13-21)47-4)30-27(40-33(25)44)17-35(2,3)18-28(30)45/h12-16,19-20,31,40H,6-11,17-18H2,1-5H3,(H,41,46). The number of carbonyl (C=O) groups is 2. The van der Waals surface area contributed by atoms with Crippen molar-refractivity contribution < 1.29 is 23.9 Å². The number of benzene rings is 2. The normalized spacial score (nSPS) is 19.6. The highest BCUT2D eigenvalue weighted by molar-refractivity contribution is 9.10. The second-order valence-corrected chi connectivity index (χ2v) is 15.3. The van der Waals surface area contributed by atoms with Gasteiger partial charge >= 0.3 is 0 Å². The number of anilines is 2. The number of rotatable bonds is 10. The van der Waals surface area contributed by atoms with Crippen LogP contribution in [0.5, 0.6) is 11.5 Å². The third-order valence-electron chi connectivity index (χ3n) is 9.31. The fourth-order valence-electron chi connectivity index (χ4n) is 6.87. The summed E-state index contributed by atoms with van der Waals surface area (Å²) < 4.78 is 13.5. The fraction of sp³-hybridized carbons (Fsp3) is 0.457. The summed E-state index contributed by atoms with van der Waals surface area (Å²) in [5, 5.41) is 9.29. The number of carbonyl (C=O) groups excluding carboxylic acids is 2. The van der Waals surface area contributed by atoms with Crippen LogP contribution in [0.4, 0.5) is 11.5 Å². The average molecular weight is 777 g/mol. The van der Waals surface area contributed by atoms with Gasteiger partial charge in [-0.2, -0.15) is 5.10 Å². The molecule has 2 aromatic carbocycles. The molecule has 2 unspecified atom stereocenters. The van der Waals surface area contributed by atoms with E-state index in [4.69, 9.17) is 37.5 Å². The van der Waals surface area contributed by atoms with Gasteiger partial charge in [0.1, 0.15) is 17.4 Å². The number of ether oxygens (including phenoxy) is 2. The number of nitrogens with zero attached hydrogens (tertiary/aromatic N) is 4. The first kappa shape index (κ1) is 35.5. The molecule has 49 heavy (non-hydrogen) atoms. The zero-order chi connectivity index (χ0) is 35.0. The van der Waals surface area contributed by atoms with Crippen molar-refractivity contribution in [2.75, 3.05) is 57.2 Å². The van der Waals surface area contributed by atoms with Crippen molar-refractivity contribution in [2.24, 2.45) is 5.41 Å². The van der Waals surface area contributed by atoms with E-state index >= 15 is 0 Å². The first-order chi connectivity index (χ1) is 23.4. The number of hydroxylamine groups is 1. The van der Waals surface area contributed by atoms with Crippen molar-refractivity contribution in [3.63, 3.8) is 0 Å². The summed E-state index contributed by atoms with van der Waals surface area (Å²) in [5.74, 6) is 1.16. The van der Waals surface area contributed by atoms with Crippen molar-refractivity contribution in [3.8, 4) is 11.5 Å². The monoisotopic (exact) mass is 774 g/mol. The Morgan fingerprint density at radius 2 is 1.80 bits per heavy atom. The molecule has 6 rings (SSSR count). The highest BCUT2D eigenvalue weighted by Crippen LogP contribution is 2.48. The van der Waals surface area contributed by atoms with Crippen LogP contribution in [0.15, 0.2) is 52.3 Å². The number of nitrogens with one attached hydrogen (secondary N) is 2. The summed E-state index contributed by atoms with van der Waals surface area (Å²) in [6.07, 6.45) is 3.06. The van der Waals surface area contributed by atoms with E-state index in [1.165, 1.54) is 6.20 Å². The summed E-state index contributed by atoms with van der Waals surface area (Å²) >= 11 is 16.0. The Labute approximate surface area is 304 Å². The van der Waals surface area contributed by atoms with E-state index in [0.717, 1.165) is 56.1 Å². The Morgan fingerprint density at radius 3 is 2.47 bits per heavy atom. The number of piperazine rings is 1. The molecule has 3 heterocycles. The highest BCUT2D eigenvalue weighted by Gasteiger charge is 2.42. The zero-order valence-electron chi connectivity index (χ0n) is 28.2. The molecule has 14 heteroatoms. The molecule has 2 N–H and O–H groups in total. The topological polar surface area (TPSA) is 110 Å². The minimum atomic E-state index is -0.580. The first-order valence-electron chi connectivity index (χ1n) is 16.3. The fourth-order valence-corrected chi connectivity index (χ4v) is 8.00. The van der Waals surface area contributed by atoms with Crippen LogP contribution in [0.25, 0.3) is 0 Å². The molecule has 11 nitrogen and oxygen atoms in total. The maximum absolute atomic E-state index is 13.7. The van der Waals surface area contributed by atoms with Crippen molar-refractivity contribution in [1.82, 2.24) is 20.2 Å². The number of ketones is 1. The third-order valence-corrected chi connectivity index (χ3v) is 10.3. The minimum Gasteiger partial charge on any atom is -0.493 e. The number of Topliss-reactive ketones (excluding diaryl/α,β-unsaturated/α-hetero) is 1. The smallest absolute Gasteiger partial charge is 0.280 e. The molecule has 1 amide bonds. The molecule has 0 radical (unpaired) electrons. The molecule has 0 bridgehead atoms. The molecule has 2 atom stereocenters. The maximum Gasteiger partial charge on any atom is 0.280 e. The Bertz CT molecular complexity index is 1770. The van der Waals surface area contributed by atoms with E-state index in [1.54, 1.807) is 25.0 Å². The van der Waals surface area contributed by atoms with Crippen LogP contribution in [0.2, 0.25) is 10.0 Å². The number of allylic oxidation sites excluding steroid dienone is 2. The van der Waals surface area contributed by atoms with Crippen LogP contribution < -0.4 is 25.2 Å². The largest absolute Gasteiger partial charge is 0.493 e. The number of aromatic nitrogens is 2. The van der Waals surface area contributed by atoms with Crippen LogP contribution in [0.3, 0.4) is 0 Å². The van der Waals surface area contributed by atoms with Gasteiger partial charge in [0.15, 0.2) is 17.3 Å². The predicted molar refractivity (Wildman–Crippen MR) is 194 cm³/mol. The highest BCUT2D eigenvalue weighted by atomic mass is 79.9. The lowest BCUT2D eigenvalue weighted by Crippen LogP contribution is -2.47. The van der Waals surface area contributed by atoms with Crippen molar-refractivity contribution in [2.45, 2.75) is 52.2 Å². The second kappa shape index (κ2) is 14.5. The Hall–Kier alpha value is -3.29. The number of hydrogen-bond donors (Lipinski definition) is 2. The SMILES string of the molecule is COc1cc(C2C3=C(CC(C)(C)CC3=O)Nc3c(C(=O)NOC(C)CCN4CCN(c5cc(Cl)cc(Cl)c5)CC4)cnn32)cc(Br)c1OC. The Kier molecular flexibility index (Phi) is 10.5. The minimum absolute atomic E-state index is 0.0363. The first-order valence-corrected chi connectivity index (χ1v) is 17.8. The predicted octanol–water partition coefficient (Wildman–Crippen LogP) is 6.89. The van der Waals surface area contributed by atoms with Gasteiger partial charge < -0.3 is 19.7 Å². The van der Waals surface area contributed by atoms with Gasteiger partial charge in [-0.25, -0.2) is 10.2 Å². The van der Waals surface area contributed by atoms with Gasteiger partial charge in [-0.15, -0.1) is 0 Å². The van der Waals surface area contributed by atoms with E-state index in [-0.39, 0.29) is 17.3 Å².